The molecule has 0 spiro atoms. The molecule has 0 aromatic rings. The fourth-order valence-electron chi connectivity index (χ4n) is 0.0713. The van der Waals surface area contributed by atoms with E-state index in [1.54, 1.807) is 0 Å². The Balaban J connectivity index is 2.94. The molecule has 0 bridgehead atoms. The van der Waals surface area contributed by atoms with Gasteiger partial charge in [0.2, 0.25) is 0 Å². The van der Waals surface area contributed by atoms with Gasteiger partial charge in [-0.1, -0.05) is 0 Å². The second-order valence-electron chi connectivity index (χ2n) is 0.559. The number of allylic oxidation sites excluding steroid dienone is 1. The van der Waals surface area contributed by atoms with Crippen molar-refractivity contribution in [3.8, 4) is 0 Å². The number of nitrogens with one attached hydrogen (secondary N) is 1. The van der Waals surface area contributed by atoms with Crippen molar-refractivity contribution in [3.05, 3.63) is 12.3 Å². The fourth-order valence-corrected chi connectivity index (χ4v) is 0.0713. The molecule has 0 aliphatic carbocycles. The molecule has 0 rings (SSSR count). The molecular formula is C3H4NO2. The molecule has 33 valence electrons. The molecule has 0 heterocycles. The first-order valence-electron chi connectivity index (χ1n) is 1.33. The Labute approximate surface area is 35.2 Å². The lowest BCUT2D eigenvalue weighted by Crippen LogP contribution is -1.93. The zero-order chi connectivity index (χ0) is 4.83. The van der Waals surface area contributed by atoms with Crippen LogP contribution in [0.3, 0.4) is 0 Å². The van der Waals surface area contributed by atoms with Gasteiger partial charge in [0.05, 0.1) is 6.20 Å². The molecule has 0 aromatic carbocycles. The summed E-state index contributed by atoms with van der Waals surface area (Å²) in [6.07, 6.45) is 3.53. The quantitative estimate of drug-likeness (QED) is 0.206. The summed E-state index contributed by atoms with van der Waals surface area (Å²) in [5.41, 5.74) is 1.53. The zero-order valence-corrected chi connectivity index (χ0v) is 3.01. The van der Waals surface area contributed by atoms with E-state index >= 15 is 0 Å². The molecule has 0 saturated carbocycles. The van der Waals surface area contributed by atoms with E-state index in [4.69, 9.17) is 5.21 Å². The highest BCUT2D eigenvalue weighted by Gasteiger charge is 1.57. The van der Waals surface area contributed by atoms with E-state index in [1.165, 1.54) is 5.48 Å². The Morgan fingerprint density at radius 1 is 1.83 bits per heavy atom. The lowest BCUT2D eigenvalue weighted by Gasteiger charge is -1.72. The summed E-state index contributed by atoms with van der Waals surface area (Å²) in [6, 6.07) is 0. The molecular weight excluding hydrogens is 82.0 g/mol. The minimum atomic E-state index is 0.503. The van der Waals surface area contributed by atoms with Crippen LogP contribution in [0.25, 0.3) is 0 Å². The number of hydrogen-bond acceptors (Lipinski definition) is 3. The van der Waals surface area contributed by atoms with Gasteiger partial charge in [-0.05, 0) is 0 Å². The predicted octanol–water partition coefficient (Wildman–Crippen LogP) is -0.519. The summed E-state index contributed by atoms with van der Waals surface area (Å²) in [5, 5.41) is 7.65. The van der Waals surface area contributed by atoms with Crippen LogP contribution in [0.1, 0.15) is 0 Å². The van der Waals surface area contributed by atoms with E-state index in [0.29, 0.717) is 6.29 Å². The highest BCUT2D eigenvalue weighted by Crippen LogP contribution is 1.48. The maximum atomic E-state index is 9.29. The number of rotatable bonds is 2. The maximum Gasteiger partial charge on any atom is 0.145 e. The monoisotopic (exact) mass is 86.0 g/mol. The fraction of sp³-hybridized carbons (Fsp3) is 0. The van der Waals surface area contributed by atoms with Crippen LogP contribution in [0.5, 0.6) is 0 Å². The first-order valence-corrected chi connectivity index (χ1v) is 1.33. The Kier molecular flexibility index (Phi) is 3.59. The molecule has 0 unspecified atom stereocenters. The van der Waals surface area contributed by atoms with Crippen LogP contribution in [-0.4, -0.2) is 11.5 Å². The van der Waals surface area contributed by atoms with Crippen LogP contribution < -0.4 is 5.48 Å². The third kappa shape index (κ3) is 3.17. The van der Waals surface area contributed by atoms with Gasteiger partial charge < -0.3 is 0 Å². The summed E-state index contributed by atoms with van der Waals surface area (Å²) in [4.78, 5) is 9.29. The van der Waals surface area contributed by atoms with Crippen LogP contribution >= 0.6 is 0 Å². The molecule has 0 aliphatic heterocycles. The molecule has 0 atom stereocenters. The Bertz CT molecular complexity index is 59.8. The Morgan fingerprint density at radius 3 is 2.67 bits per heavy atom. The van der Waals surface area contributed by atoms with Crippen molar-refractivity contribution in [1.82, 2.24) is 5.48 Å². The summed E-state index contributed by atoms with van der Waals surface area (Å²) in [7, 11) is 0. The number of carbonyl (C=O) groups is 1. The maximum absolute atomic E-state index is 9.29. The highest BCUT2D eigenvalue weighted by molar-refractivity contribution is 5.63. The minimum absolute atomic E-state index is 0.503. The van der Waals surface area contributed by atoms with Crippen LogP contribution in [0.4, 0.5) is 0 Å². The minimum Gasteiger partial charge on any atom is -0.298 e. The van der Waals surface area contributed by atoms with E-state index in [9.17, 15) is 4.79 Å². The van der Waals surface area contributed by atoms with Gasteiger partial charge in [0.1, 0.15) is 6.29 Å². The SMILES string of the molecule is O=C/C=[C]/NO. The smallest absolute Gasteiger partial charge is 0.145 e. The molecule has 0 fully saturated rings. The second kappa shape index (κ2) is 4.17. The largest absolute Gasteiger partial charge is 0.298 e. The normalized spacial score (nSPS) is 8.83. The van der Waals surface area contributed by atoms with E-state index in [1.807, 2.05) is 6.20 Å². The van der Waals surface area contributed by atoms with Crippen LogP contribution in [0, 0.1) is 6.20 Å². The first kappa shape index (κ1) is 5.17. The molecule has 2 N–H and O–H groups in total. The van der Waals surface area contributed by atoms with Crippen molar-refractivity contribution < 1.29 is 10.0 Å². The average Bonchev–Trinajstić information content (AvgIpc) is 1.61. The standard InChI is InChI=1S/C3H4NO2/c5-3-1-2-4-6/h1,3-4,6H. The first-order chi connectivity index (χ1) is 2.91. The molecule has 0 amide bonds. The van der Waals surface area contributed by atoms with Crippen molar-refractivity contribution >= 4 is 6.29 Å². The van der Waals surface area contributed by atoms with Gasteiger partial charge >= 0.3 is 0 Å². The number of aldehydes is 1. The molecule has 0 aliphatic rings. The van der Waals surface area contributed by atoms with Crippen molar-refractivity contribution in [3.63, 3.8) is 0 Å². The van der Waals surface area contributed by atoms with Crippen molar-refractivity contribution in [2.24, 2.45) is 0 Å². The third-order valence-corrected chi connectivity index (χ3v) is 0.216. The third-order valence-electron chi connectivity index (χ3n) is 0.216. The van der Waals surface area contributed by atoms with Crippen molar-refractivity contribution in [1.29, 1.82) is 0 Å². The van der Waals surface area contributed by atoms with Crippen LogP contribution in [0.2, 0.25) is 0 Å². The van der Waals surface area contributed by atoms with Crippen LogP contribution in [0.15, 0.2) is 6.08 Å². The number of hydrogen-bond donors (Lipinski definition) is 2. The average molecular weight is 86.1 g/mol. The van der Waals surface area contributed by atoms with Crippen molar-refractivity contribution in [2.45, 2.75) is 0 Å². The van der Waals surface area contributed by atoms with Gasteiger partial charge in [-0.2, -0.15) is 0 Å². The second-order valence-corrected chi connectivity index (χ2v) is 0.559. The summed E-state index contributed by atoms with van der Waals surface area (Å²) >= 11 is 0. The van der Waals surface area contributed by atoms with Gasteiger partial charge in [0, 0.05) is 6.08 Å². The molecule has 3 heteroatoms. The van der Waals surface area contributed by atoms with Gasteiger partial charge in [-0.3, -0.25) is 15.5 Å². The molecule has 1 radical (unpaired) electrons. The molecule has 0 aromatic heterocycles. The van der Waals surface area contributed by atoms with E-state index in [2.05, 4.69) is 0 Å². The Morgan fingerprint density at radius 2 is 2.50 bits per heavy atom. The van der Waals surface area contributed by atoms with Gasteiger partial charge in [0.25, 0.3) is 0 Å². The Hall–Kier alpha value is -0.830. The van der Waals surface area contributed by atoms with E-state index < -0.39 is 0 Å². The zero-order valence-electron chi connectivity index (χ0n) is 3.01. The molecule has 6 heavy (non-hydrogen) atoms. The van der Waals surface area contributed by atoms with Crippen molar-refractivity contribution in [2.75, 3.05) is 0 Å². The predicted molar refractivity (Wildman–Crippen MR) is 18.8 cm³/mol. The van der Waals surface area contributed by atoms with Gasteiger partial charge in [-0.25, -0.2) is 0 Å². The molecule has 0 saturated heterocycles. The lowest BCUT2D eigenvalue weighted by atomic mass is 10.7. The summed E-state index contributed by atoms with van der Waals surface area (Å²) in [5.74, 6) is 0. The lowest BCUT2D eigenvalue weighted by molar-refractivity contribution is -0.104. The van der Waals surface area contributed by atoms with E-state index in [-0.39, 0.29) is 0 Å². The number of hydroxylamine groups is 1. The van der Waals surface area contributed by atoms with E-state index in [0.717, 1.165) is 6.08 Å². The van der Waals surface area contributed by atoms with Gasteiger partial charge in [0.15, 0.2) is 0 Å². The highest BCUT2D eigenvalue weighted by atomic mass is 16.5. The van der Waals surface area contributed by atoms with Gasteiger partial charge in [-0.15, -0.1) is 0 Å². The van der Waals surface area contributed by atoms with Crippen LogP contribution in [-0.2, 0) is 4.79 Å². The topological polar surface area (TPSA) is 49.3 Å². The molecule has 3 nitrogen and oxygen atoms in total. The summed E-state index contributed by atoms with van der Waals surface area (Å²) in [6.45, 7) is 0. The summed E-state index contributed by atoms with van der Waals surface area (Å²) < 4.78 is 0. The number of carbonyl (C=O) groups excluding carboxylic acids is 1.